The molecule has 2 atom stereocenters. The van der Waals surface area contributed by atoms with Gasteiger partial charge in [0.25, 0.3) is 0 Å². The molecule has 1 amide bonds. The van der Waals surface area contributed by atoms with Crippen molar-refractivity contribution in [1.82, 2.24) is 20.1 Å². The summed E-state index contributed by atoms with van der Waals surface area (Å²) in [5.41, 5.74) is 2.28. The number of likely N-dealkylation sites (tertiary alicyclic amines) is 2. The number of aromatic nitrogens is 1. The molecule has 7 nitrogen and oxygen atoms in total. The van der Waals surface area contributed by atoms with Gasteiger partial charge < -0.3 is 15.1 Å². The molecule has 5 rings (SSSR count). The number of hydrogen-bond donors (Lipinski definition) is 1. The number of carbonyl (C=O) groups is 1. The second-order valence-electron chi connectivity index (χ2n) is 8.72. The molecule has 0 radical (unpaired) electrons. The van der Waals surface area contributed by atoms with Crippen molar-refractivity contribution in [3.05, 3.63) is 52.0 Å². The van der Waals surface area contributed by atoms with Crippen LogP contribution in [0.25, 0.3) is 0 Å². The van der Waals surface area contributed by atoms with Crippen LogP contribution in [0.4, 0.5) is 0 Å². The highest BCUT2D eigenvalue weighted by molar-refractivity contribution is 7.09. The standard InChI is InChI=1S/C23H29N5O2S/c1-16-25-19(15-31-16)12-27-13-20-21(14-27)30-26-22(20)28-9-7-18(8-10-28)23(29)24-11-17-5-3-2-4-6-17/h2-6,15,18,20-21H,7-14H2,1H3,(H,24,29)/t20-,21-/m1/s1. The van der Waals surface area contributed by atoms with Gasteiger partial charge in [0.15, 0.2) is 11.9 Å². The van der Waals surface area contributed by atoms with Crippen molar-refractivity contribution in [2.24, 2.45) is 17.0 Å². The van der Waals surface area contributed by atoms with E-state index in [4.69, 9.17) is 4.84 Å². The molecule has 8 heteroatoms. The highest BCUT2D eigenvalue weighted by Gasteiger charge is 2.45. The molecule has 2 aromatic rings. The summed E-state index contributed by atoms with van der Waals surface area (Å²) in [7, 11) is 0. The fourth-order valence-electron chi connectivity index (χ4n) is 4.83. The summed E-state index contributed by atoms with van der Waals surface area (Å²) in [5.74, 6) is 1.64. The Kier molecular flexibility index (Phi) is 5.91. The smallest absolute Gasteiger partial charge is 0.223 e. The first-order chi connectivity index (χ1) is 15.2. The van der Waals surface area contributed by atoms with Crippen molar-refractivity contribution in [2.75, 3.05) is 26.2 Å². The van der Waals surface area contributed by atoms with Crippen LogP contribution in [0.1, 0.15) is 29.1 Å². The molecule has 3 aliphatic heterocycles. The maximum atomic E-state index is 12.6. The molecule has 0 saturated carbocycles. The van der Waals surface area contributed by atoms with E-state index >= 15 is 0 Å². The number of aryl methyl sites for hydroxylation is 1. The molecular formula is C23H29N5O2S. The van der Waals surface area contributed by atoms with Crippen LogP contribution >= 0.6 is 11.3 Å². The van der Waals surface area contributed by atoms with Gasteiger partial charge in [0.1, 0.15) is 0 Å². The zero-order valence-corrected chi connectivity index (χ0v) is 18.7. The summed E-state index contributed by atoms with van der Waals surface area (Å²) in [6.07, 6.45) is 1.86. The Hall–Kier alpha value is -2.45. The molecule has 3 aliphatic rings. The van der Waals surface area contributed by atoms with E-state index in [1.54, 1.807) is 11.3 Å². The number of nitrogens with one attached hydrogen (secondary N) is 1. The Morgan fingerprint density at radius 1 is 1.23 bits per heavy atom. The lowest BCUT2D eigenvalue weighted by atomic mass is 9.94. The van der Waals surface area contributed by atoms with Crippen molar-refractivity contribution in [3.63, 3.8) is 0 Å². The third-order valence-electron chi connectivity index (χ3n) is 6.51. The van der Waals surface area contributed by atoms with E-state index in [1.807, 2.05) is 37.3 Å². The number of hydrogen-bond acceptors (Lipinski definition) is 7. The zero-order chi connectivity index (χ0) is 21.2. The predicted molar refractivity (Wildman–Crippen MR) is 121 cm³/mol. The maximum Gasteiger partial charge on any atom is 0.223 e. The van der Waals surface area contributed by atoms with Gasteiger partial charge in [-0.05, 0) is 25.3 Å². The fourth-order valence-corrected chi connectivity index (χ4v) is 5.43. The summed E-state index contributed by atoms with van der Waals surface area (Å²) in [4.78, 5) is 27.7. The van der Waals surface area contributed by atoms with Crippen LogP contribution in [0.15, 0.2) is 40.9 Å². The molecule has 2 fully saturated rings. The summed E-state index contributed by atoms with van der Waals surface area (Å²) < 4.78 is 0. The minimum Gasteiger partial charge on any atom is -0.389 e. The van der Waals surface area contributed by atoms with Crippen molar-refractivity contribution >= 4 is 23.1 Å². The minimum absolute atomic E-state index is 0.0756. The van der Waals surface area contributed by atoms with Gasteiger partial charge in [0.2, 0.25) is 5.91 Å². The van der Waals surface area contributed by atoms with Gasteiger partial charge in [0.05, 0.1) is 16.6 Å². The molecule has 2 saturated heterocycles. The molecular weight excluding hydrogens is 410 g/mol. The SMILES string of the molecule is Cc1nc(CN2C[C@H]3ON=C(N4CCC(C(=O)NCc5ccccc5)CC4)[C@@H]3C2)cs1. The number of benzene rings is 1. The van der Waals surface area contributed by atoms with E-state index in [0.717, 1.165) is 67.7 Å². The topological polar surface area (TPSA) is 70.1 Å². The Bertz CT molecular complexity index is 938. The number of carbonyl (C=O) groups excluding carboxylic acids is 1. The highest BCUT2D eigenvalue weighted by Crippen LogP contribution is 2.31. The van der Waals surface area contributed by atoms with Crippen molar-refractivity contribution in [3.8, 4) is 0 Å². The quantitative estimate of drug-likeness (QED) is 0.776. The van der Waals surface area contributed by atoms with Crippen LogP contribution in [0.2, 0.25) is 0 Å². The monoisotopic (exact) mass is 439 g/mol. The summed E-state index contributed by atoms with van der Waals surface area (Å²) in [6, 6.07) is 10.1. The van der Waals surface area contributed by atoms with Crippen LogP contribution in [0.5, 0.6) is 0 Å². The highest BCUT2D eigenvalue weighted by atomic mass is 32.1. The first kappa shape index (κ1) is 20.5. The van der Waals surface area contributed by atoms with Crippen LogP contribution < -0.4 is 5.32 Å². The molecule has 0 spiro atoms. The number of amides is 1. The second kappa shape index (κ2) is 8.96. The normalized spacial score (nSPS) is 24.0. The van der Waals surface area contributed by atoms with Gasteiger partial charge in [-0.15, -0.1) is 11.3 Å². The Morgan fingerprint density at radius 3 is 2.77 bits per heavy atom. The Labute approximate surface area is 187 Å². The first-order valence-electron chi connectivity index (χ1n) is 11.1. The number of rotatable bonds is 5. The summed E-state index contributed by atoms with van der Waals surface area (Å²) >= 11 is 1.70. The van der Waals surface area contributed by atoms with Crippen LogP contribution in [0.3, 0.4) is 0 Å². The lowest BCUT2D eigenvalue weighted by Gasteiger charge is -2.33. The number of amidine groups is 1. The van der Waals surface area contributed by atoms with E-state index in [0.29, 0.717) is 12.5 Å². The zero-order valence-electron chi connectivity index (χ0n) is 17.9. The fraction of sp³-hybridized carbons (Fsp3) is 0.522. The predicted octanol–water partition coefficient (Wildman–Crippen LogP) is 2.62. The van der Waals surface area contributed by atoms with Gasteiger partial charge in [-0.3, -0.25) is 9.69 Å². The lowest BCUT2D eigenvalue weighted by Crippen LogP contribution is -2.45. The van der Waals surface area contributed by atoms with Crippen LogP contribution in [0, 0.1) is 18.8 Å². The Balaban J connectivity index is 1.10. The molecule has 164 valence electrons. The minimum atomic E-state index is 0.0756. The van der Waals surface area contributed by atoms with Gasteiger partial charge in [0, 0.05) is 50.6 Å². The third-order valence-corrected chi connectivity index (χ3v) is 7.33. The molecule has 0 bridgehead atoms. The molecule has 1 aromatic carbocycles. The van der Waals surface area contributed by atoms with Crippen LogP contribution in [-0.2, 0) is 22.7 Å². The van der Waals surface area contributed by atoms with Crippen molar-refractivity contribution < 1.29 is 9.63 Å². The number of nitrogens with zero attached hydrogens (tertiary/aromatic N) is 4. The lowest BCUT2D eigenvalue weighted by molar-refractivity contribution is -0.126. The van der Waals surface area contributed by atoms with Gasteiger partial charge in [-0.1, -0.05) is 35.5 Å². The van der Waals surface area contributed by atoms with Crippen LogP contribution in [-0.4, -0.2) is 58.8 Å². The van der Waals surface area contributed by atoms with E-state index in [-0.39, 0.29) is 17.9 Å². The van der Waals surface area contributed by atoms with E-state index in [1.165, 1.54) is 0 Å². The third kappa shape index (κ3) is 4.60. The summed E-state index contributed by atoms with van der Waals surface area (Å²) in [5, 5.41) is 10.8. The average Bonchev–Trinajstić information content (AvgIpc) is 3.49. The van der Waals surface area contributed by atoms with Gasteiger partial charge in [-0.25, -0.2) is 4.98 Å². The van der Waals surface area contributed by atoms with E-state index in [2.05, 4.69) is 30.6 Å². The maximum absolute atomic E-state index is 12.6. The first-order valence-corrected chi connectivity index (χ1v) is 12.0. The molecule has 1 aromatic heterocycles. The molecule has 1 N–H and O–H groups in total. The second-order valence-corrected chi connectivity index (χ2v) is 9.78. The molecule has 0 unspecified atom stereocenters. The number of fused-ring (bicyclic) bond motifs is 1. The Morgan fingerprint density at radius 2 is 2.03 bits per heavy atom. The number of thiazole rings is 1. The summed E-state index contributed by atoms with van der Waals surface area (Å²) in [6.45, 7) is 7.09. The largest absolute Gasteiger partial charge is 0.389 e. The van der Waals surface area contributed by atoms with Gasteiger partial charge >= 0.3 is 0 Å². The average molecular weight is 440 g/mol. The molecule has 4 heterocycles. The van der Waals surface area contributed by atoms with E-state index < -0.39 is 0 Å². The molecule has 31 heavy (non-hydrogen) atoms. The number of oxime groups is 1. The number of piperidine rings is 1. The van der Waals surface area contributed by atoms with Gasteiger partial charge in [-0.2, -0.15) is 0 Å². The molecule has 0 aliphatic carbocycles. The van der Waals surface area contributed by atoms with Crippen molar-refractivity contribution in [1.29, 1.82) is 0 Å². The van der Waals surface area contributed by atoms with E-state index in [9.17, 15) is 4.79 Å². The van der Waals surface area contributed by atoms with Crippen molar-refractivity contribution in [2.45, 2.75) is 39.0 Å².